The zero-order valence-electron chi connectivity index (χ0n) is 7.34. The second-order valence-electron chi connectivity index (χ2n) is 2.52. The van der Waals surface area contributed by atoms with E-state index in [9.17, 15) is 4.79 Å². The number of benzene rings is 1. The molecule has 0 aromatic heterocycles. The van der Waals surface area contributed by atoms with E-state index >= 15 is 0 Å². The van der Waals surface area contributed by atoms with Gasteiger partial charge in [-0.25, -0.2) is 9.80 Å². The average molecular weight is 177 g/mol. The second-order valence-corrected chi connectivity index (χ2v) is 2.52. The molecule has 1 aromatic carbocycles. The Hall–Kier alpha value is -1.84. The summed E-state index contributed by atoms with van der Waals surface area (Å²) in [5.41, 5.74) is 5.90. The minimum Gasteiger partial charge on any atom is -0.350 e. The largest absolute Gasteiger partial charge is 0.350 e. The molecule has 0 aliphatic carbocycles. The quantitative estimate of drug-likeness (QED) is 0.532. The zero-order chi connectivity index (χ0) is 9.68. The Morgan fingerprint density at radius 2 is 2.08 bits per heavy atom. The van der Waals surface area contributed by atoms with Crippen molar-refractivity contribution in [2.45, 2.75) is 0 Å². The SMILES string of the molecule is CN(/N=C/c1ccccc1)C(N)=O. The third-order valence-corrected chi connectivity index (χ3v) is 1.50. The van der Waals surface area contributed by atoms with Gasteiger partial charge in [0.15, 0.2) is 0 Å². The highest BCUT2D eigenvalue weighted by Crippen LogP contribution is 1.94. The maximum Gasteiger partial charge on any atom is 0.334 e. The van der Waals surface area contributed by atoms with Crippen LogP contribution in [-0.2, 0) is 0 Å². The normalized spacial score (nSPS) is 10.2. The summed E-state index contributed by atoms with van der Waals surface area (Å²) < 4.78 is 0. The molecule has 0 aliphatic rings. The first-order chi connectivity index (χ1) is 6.20. The van der Waals surface area contributed by atoms with Gasteiger partial charge in [-0.2, -0.15) is 5.10 Å². The van der Waals surface area contributed by atoms with Gasteiger partial charge in [-0.1, -0.05) is 30.3 Å². The van der Waals surface area contributed by atoms with Gasteiger partial charge in [-0.3, -0.25) is 0 Å². The number of amides is 2. The molecular formula is C9H11N3O. The maximum atomic E-state index is 10.6. The Bertz CT molecular complexity index is 308. The minimum absolute atomic E-state index is 0.577. The highest BCUT2D eigenvalue weighted by Gasteiger charge is 1.96. The van der Waals surface area contributed by atoms with Crippen LogP contribution in [0.3, 0.4) is 0 Å². The van der Waals surface area contributed by atoms with Crippen LogP contribution in [-0.4, -0.2) is 24.3 Å². The van der Waals surface area contributed by atoms with Gasteiger partial charge < -0.3 is 5.73 Å². The van der Waals surface area contributed by atoms with Gasteiger partial charge in [-0.15, -0.1) is 0 Å². The van der Waals surface area contributed by atoms with Crippen LogP contribution in [0, 0.1) is 0 Å². The highest BCUT2D eigenvalue weighted by molar-refractivity contribution is 5.81. The lowest BCUT2D eigenvalue weighted by molar-refractivity contribution is 0.220. The van der Waals surface area contributed by atoms with Crippen molar-refractivity contribution in [3.05, 3.63) is 35.9 Å². The first-order valence-corrected chi connectivity index (χ1v) is 3.82. The summed E-state index contributed by atoms with van der Waals surface area (Å²) in [6, 6.07) is 8.90. The Morgan fingerprint density at radius 3 is 2.62 bits per heavy atom. The van der Waals surface area contributed by atoms with Crippen LogP contribution in [0.1, 0.15) is 5.56 Å². The lowest BCUT2D eigenvalue weighted by atomic mass is 10.2. The first kappa shape index (κ1) is 9.25. The molecule has 68 valence electrons. The molecule has 0 bridgehead atoms. The summed E-state index contributed by atoms with van der Waals surface area (Å²) in [5.74, 6) is 0. The molecule has 2 N–H and O–H groups in total. The van der Waals surface area contributed by atoms with E-state index in [-0.39, 0.29) is 0 Å². The summed E-state index contributed by atoms with van der Waals surface area (Å²) in [7, 11) is 1.50. The number of rotatable bonds is 2. The second kappa shape index (κ2) is 4.25. The van der Waals surface area contributed by atoms with Gasteiger partial charge in [-0.05, 0) is 5.56 Å². The molecule has 0 heterocycles. The summed E-state index contributed by atoms with van der Waals surface area (Å²) in [6.07, 6.45) is 1.57. The monoisotopic (exact) mass is 177 g/mol. The van der Waals surface area contributed by atoms with Crippen LogP contribution in [0.25, 0.3) is 0 Å². The van der Waals surface area contributed by atoms with Gasteiger partial charge in [0.25, 0.3) is 0 Å². The topological polar surface area (TPSA) is 58.7 Å². The van der Waals surface area contributed by atoms with Gasteiger partial charge in [0.1, 0.15) is 0 Å². The Morgan fingerprint density at radius 1 is 1.46 bits per heavy atom. The molecule has 4 nitrogen and oxygen atoms in total. The summed E-state index contributed by atoms with van der Waals surface area (Å²) in [5, 5.41) is 4.90. The molecule has 1 aromatic rings. The number of nitrogens with zero attached hydrogens (tertiary/aromatic N) is 2. The predicted octanol–water partition coefficient (Wildman–Crippen LogP) is 1.03. The molecular weight excluding hydrogens is 166 g/mol. The number of nitrogens with two attached hydrogens (primary N) is 1. The van der Waals surface area contributed by atoms with Crippen LogP contribution in [0.15, 0.2) is 35.4 Å². The smallest absolute Gasteiger partial charge is 0.334 e. The van der Waals surface area contributed by atoms with Crippen LogP contribution < -0.4 is 5.73 Å². The van der Waals surface area contributed by atoms with E-state index in [2.05, 4.69) is 5.10 Å². The summed E-state index contributed by atoms with van der Waals surface area (Å²) in [4.78, 5) is 10.6. The molecule has 2 amide bonds. The van der Waals surface area contributed by atoms with E-state index in [0.717, 1.165) is 10.6 Å². The van der Waals surface area contributed by atoms with Crippen LogP contribution in [0.5, 0.6) is 0 Å². The fraction of sp³-hybridized carbons (Fsp3) is 0.111. The highest BCUT2D eigenvalue weighted by atomic mass is 16.2. The van der Waals surface area contributed by atoms with E-state index in [1.165, 1.54) is 7.05 Å². The van der Waals surface area contributed by atoms with Crippen molar-refractivity contribution >= 4 is 12.2 Å². The fourth-order valence-corrected chi connectivity index (χ4v) is 0.749. The number of carbonyl (C=O) groups excluding carboxylic acids is 1. The minimum atomic E-state index is -0.577. The number of hydrazone groups is 1. The van der Waals surface area contributed by atoms with Crippen molar-refractivity contribution in [2.24, 2.45) is 10.8 Å². The average Bonchev–Trinajstić information content (AvgIpc) is 2.15. The molecule has 1 rings (SSSR count). The third-order valence-electron chi connectivity index (χ3n) is 1.50. The van der Waals surface area contributed by atoms with E-state index in [0.29, 0.717) is 0 Å². The Labute approximate surface area is 76.7 Å². The molecule has 0 atom stereocenters. The third kappa shape index (κ3) is 2.94. The molecule has 0 aliphatic heterocycles. The molecule has 4 heteroatoms. The Kier molecular flexibility index (Phi) is 3.03. The van der Waals surface area contributed by atoms with E-state index < -0.39 is 6.03 Å². The summed E-state index contributed by atoms with van der Waals surface area (Å²) >= 11 is 0. The Balaban J connectivity index is 2.64. The van der Waals surface area contributed by atoms with Crippen molar-refractivity contribution in [2.75, 3.05) is 7.05 Å². The molecule has 13 heavy (non-hydrogen) atoms. The molecule has 0 saturated heterocycles. The predicted molar refractivity (Wildman–Crippen MR) is 51.4 cm³/mol. The fourth-order valence-electron chi connectivity index (χ4n) is 0.749. The zero-order valence-corrected chi connectivity index (χ0v) is 7.34. The lowest BCUT2D eigenvalue weighted by Crippen LogP contribution is -2.27. The maximum absolute atomic E-state index is 10.6. The van der Waals surface area contributed by atoms with E-state index in [4.69, 9.17) is 5.73 Å². The molecule has 0 unspecified atom stereocenters. The number of primary amides is 1. The lowest BCUT2D eigenvalue weighted by Gasteiger charge is -2.04. The van der Waals surface area contributed by atoms with Crippen LogP contribution in [0.4, 0.5) is 4.79 Å². The van der Waals surface area contributed by atoms with Crippen LogP contribution in [0.2, 0.25) is 0 Å². The molecule has 0 spiro atoms. The summed E-state index contributed by atoms with van der Waals surface area (Å²) in [6.45, 7) is 0. The number of hydrogen-bond donors (Lipinski definition) is 1. The van der Waals surface area contributed by atoms with Crippen molar-refractivity contribution < 1.29 is 4.79 Å². The number of urea groups is 1. The standard InChI is InChI=1S/C9H11N3O/c1-12(9(10)13)11-7-8-5-3-2-4-6-8/h2-7H,1H3,(H2,10,13)/b11-7+. The van der Waals surface area contributed by atoms with Crippen molar-refractivity contribution in [1.82, 2.24) is 5.01 Å². The van der Waals surface area contributed by atoms with Crippen LogP contribution >= 0.6 is 0 Å². The van der Waals surface area contributed by atoms with Gasteiger partial charge in [0.2, 0.25) is 0 Å². The van der Waals surface area contributed by atoms with Gasteiger partial charge in [0.05, 0.1) is 6.21 Å². The van der Waals surface area contributed by atoms with Crippen molar-refractivity contribution in [1.29, 1.82) is 0 Å². The number of carbonyl (C=O) groups is 1. The van der Waals surface area contributed by atoms with Gasteiger partial charge in [0, 0.05) is 7.05 Å². The molecule has 0 saturated carbocycles. The molecule has 0 fully saturated rings. The molecule has 0 radical (unpaired) electrons. The van der Waals surface area contributed by atoms with E-state index in [1.807, 2.05) is 30.3 Å². The van der Waals surface area contributed by atoms with Gasteiger partial charge >= 0.3 is 6.03 Å². The van der Waals surface area contributed by atoms with Crippen molar-refractivity contribution in [3.63, 3.8) is 0 Å². The first-order valence-electron chi connectivity index (χ1n) is 3.82. The van der Waals surface area contributed by atoms with Crippen molar-refractivity contribution in [3.8, 4) is 0 Å². The number of hydrogen-bond acceptors (Lipinski definition) is 2. The van der Waals surface area contributed by atoms with E-state index in [1.54, 1.807) is 6.21 Å².